The fourth-order valence-electron chi connectivity index (χ4n) is 2.19. The third kappa shape index (κ3) is 3.09. The summed E-state index contributed by atoms with van der Waals surface area (Å²) in [6.45, 7) is 0. The number of hydrogen-bond donors (Lipinski definition) is 2. The van der Waals surface area contributed by atoms with E-state index in [2.05, 4.69) is 31.6 Å². The minimum atomic E-state index is -0.438. The van der Waals surface area contributed by atoms with E-state index in [1.54, 1.807) is 31.4 Å². The van der Waals surface area contributed by atoms with Gasteiger partial charge in [0.2, 0.25) is 0 Å². The molecule has 0 spiro atoms. The summed E-state index contributed by atoms with van der Waals surface area (Å²) in [5, 5.41) is 10.6. The first kappa shape index (κ1) is 16.0. The Morgan fingerprint density at radius 1 is 1.25 bits per heavy atom. The van der Waals surface area contributed by atoms with Crippen LogP contribution in [0.4, 0.5) is 11.5 Å². The van der Waals surface area contributed by atoms with Crippen molar-refractivity contribution in [3.8, 4) is 11.4 Å². The molecule has 0 aliphatic rings. The largest absolute Gasteiger partial charge is 0.494 e. The number of amides is 1. The van der Waals surface area contributed by atoms with Gasteiger partial charge < -0.3 is 15.8 Å². The Kier molecular flexibility index (Phi) is 4.48. The van der Waals surface area contributed by atoms with Crippen LogP contribution in [0.2, 0.25) is 0 Å². The quantitative estimate of drug-likeness (QED) is 0.717. The summed E-state index contributed by atoms with van der Waals surface area (Å²) >= 11 is 3.35. The van der Waals surface area contributed by atoms with Crippen LogP contribution >= 0.6 is 15.9 Å². The summed E-state index contributed by atoms with van der Waals surface area (Å²) in [6.07, 6.45) is 0. The zero-order valence-corrected chi connectivity index (χ0v) is 14.3. The Bertz CT molecular complexity index is 894. The number of nitrogens with zero attached hydrogens (tertiary/aromatic N) is 3. The summed E-state index contributed by atoms with van der Waals surface area (Å²) in [6, 6.07) is 14.4. The van der Waals surface area contributed by atoms with E-state index in [9.17, 15) is 4.79 Å². The zero-order valence-electron chi connectivity index (χ0n) is 12.7. The number of para-hydroxylation sites is 2. The average molecular weight is 388 g/mol. The van der Waals surface area contributed by atoms with Crippen LogP contribution in [0.3, 0.4) is 0 Å². The number of carbonyl (C=O) groups is 1. The van der Waals surface area contributed by atoms with Gasteiger partial charge in [-0.2, -0.15) is 4.68 Å². The number of nitrogens with two attached hydrogens (primary N) is 1. The molecule has 1 amide bonds. The Morgan fingerprint density at radius 3 is 2.79 bits per heavy atom. The molecule has 0 atom stereocenters. The maximum absolute atomic E-state index is 12.4. The highest BCUT2D eigenvalue weighted by Crippen LogP contribution is 2.25. The van der Waals surface area contributed by atoms with E-state index in [-0.39, 0.29) is 11.5 Å². The number of nitrogen functional groups attached to an aromatic ring is 1. The molecule has 24 heavy (non-hydrogen) atoms. The molecule has 0 fully saturated rings. The Morgan fingerprint density at radius 2 is 2.04 bits per heavy atom. The molecule has 0 saturated heterocycles. The van der Waals surface area contributed by atoms with Crippen molar-refractivity contribution in [2.45, 2.75) is 0 Å². The predicted octanol–water partition coefficient (Wildman–Crippen LogP) is 2.87. The van der Waals surface area contributed by atoms with E-state index in [1.165, 1.54) is 4.68 Å². The lowest BCUT2D eigenvalue weighted by Crippen LogP contribution is -2.15. The highest BCUT2D eigenvalue weighted by Gasteiger charge is 2.20. The van der Waals surface area contributed by atoms with Crippen molar-refractivity contribution in [3.63, 3.8) is 0 Å². The number of ether oxygens (including phenoxy) is 1. The normalized spacial score (nSPS) is 10.4. The Labute approximate surface area is 146 Å². The highest BCUT2D eigenvalue weighted by molar-refractivity contribution is 9.10. The van der Waals surface area contributed by atoms with Crippen LogP contribution in [0.5, 0.6) is 5.75 Å². The lowest BCUT2D eigenvalue weighted by Gasteiger charge is -2.08. The number of aromatic nitrogens is 3. The molecule has 0 aliphatic carbocycles. The van der Waals surface area contributed by atoms with Gasteiger partial charge in [-0.15, -0.1) is 5.10 Å². The number of rotatable bonds is 4. The van der Waals surface area contributed by atoms with Crippen molar-refractivity contribution in [1.29, 1.82) is 0 Å². The van der Waals surface area contributed by atoms with Crippen LogP contribution in [-0.4, -0.2) is 28.0 Å². The molecule has 8 heteroatoms. The van der Waals surface area contributed by atoms with E-state index in [1.807, 2.05) is 24.3 Å². The van der Waals surface area contributed by atoms with Gasteiger partial charge in [-0.3, -0.25) is 4.79 Å². The van der Waals surface area contributed by atoms with E-state index in [0.717, 1.165) is 4.47 Å². The Balaban J connectivity index is 1.91. The molecule has 0 radical (unpaired) electrons. The number of halogens is 1. The van der Waals surface area contributed by atoms with Crippen molar-refractivity contribution in [2.75, 3.05) is 18.2 Å². The maximum Gasteiger partial charge on any atom is 0.280 e. The molecular weight excluding hydrogens is 374 g/mol. The lowest BCUT2D eigenvalue weighted by atomic mass is 10.3. The summed E-state index contributed by atoms with van der Waals surface area (Å²) < 4.78 is 7.51. The van der Waals surface area contributed by atoms with Crippen LogP contribution in [0.15, 0.2) is 53.0 Å². The van der Waals surface area contributed by atoms with Crippen molar-refractivity contribution < 1.29 is 9.53 Å². The second kappa shape index (κ2) is 6.71. The molecular formula is C16H14BrN5O2. The molecule has 0 bridgehead atoms. The standard InChI is InChI=1S/C16H14BrN5O2/c1-24-13-8-3-2-7-12(13)22-15(18)14(20-21-22)16(23)19-11-6-4-5-10(17)9-11/h2-9H,18H2,1H3,(H,19,23). The molecule has 2 aromatic carbocycles. The van der Waals surface area contributed by atoms with Gasteiger partial charge in [0, 0.05) is 10.2 Å². The van der Waals surface area contributed by atoms with Gasteiger partial charge >= 0.3 is 0 Å². The van der Waals surface area contributed by atoms with Crippen molar-refractivity contribution in [3.05, 3.63) is 58.7 Å². The fourth-order valence-corrected chi connectivity index (χ4v) is 2.59. The summed E-state index contributed by atoms with van der Waals surface area (Å²) in [7, 11) is 1.55. The number of anilines is 2. The number of carbonyl (C=O) groups excluding carboxylic acids is 1. The minimum Gasteiger partial charge on any atom is -0.494 e. The number of hydrogen-bond acceptors (Lipinski definition) is 5. The summed E-state index contributed by atoms with van der Waals surface area (Å²) in [5.41, 5.74) is 7.33. The lowest BCUT2D eigenvalue weighted by molar-refractivity contribution is 0.102. The van der Waals surface area contributed by atoms with Crippen molar-refractivity contribution in [2.24, 2.45) is 0 Å². The third-order valence-corrected chi connectivity index (χ3v) is 3.81. The van der Waals surface area contributed by atoms with Crippen molar-refractivity contribution in [1.82, 2.24) is 15.0 Å². The molecule has 1 heterocycles. The summed E-state index contributed by atoms with van der Waals surface area (Å²) in [4.78, 5) is 12.4. The fraction of sp³-hybridized carbons (Fsp3) is 0.0625. The van der Waals surface area contributed by atoms with Crippen LogP contribution in [0.25, 0.3) is 5.69 Å². The molecule has 3 rings (SSSR count). The van der Waals surface area contributed by atoms with Gasteiger partial charge in [0.1, 0.15) is 11.4 Å². The molecule has 0 saturated carbocycles. The van der Waals surface area contributed by atoms with Crippen LogP contribution in [-0.2, 0) is 0 Å². The SMILES string of the molecule is COc1ccccc1-n1nnc(C(=O)Nc2cccc(Br)c2)c1N. The van der Waals surface area contributed by atoms with Gasteiger partial charge in [0.05, 0.1) is 7.11 Å². The first-order valence-electron chi connectivity index (χ1n) is 7.01. The molecule has 0 unspecified atom stereocenters. The van der Waals surface area contributed by atoms with Gasteiger partial charge in [-0.25, -0.2) is 0 Å². The molecule has 1 aromatic heterocycles. The third-order valence-electron chi connectivity index (χ3n) is 3.32. The molecule has 0 aliphatic heterocycles. The van der Waals surface area contributed by atoms with Crippen molar-refractivity contribution >= 4 is 33.3 Å². The van der Waals surface area contributed by atoms with Crippen LogP contribution in [0, 0.1) is 0 Å². The molecule has 7 nitrogen and oxygen atoms in total. The number of benzene rings is 2. The molecule has 3 aromatic rings. The minimum absolute atomic E-state index is 0.0425. The second-order valence-corrected chi connectivity index (χ2v) is 5.79. The molecule has 122 valence electrons. The number of nitrogens with one attached hydrogen (secondary N) is 1. The second-order valence-electron chi connectivity index (χ2n) is 4.87. The average Bonchev–Trinajstić information content (AvgIpc) is 2.96. The van der Waals surface area contributed by atoms with Gasteiger partial charge in [0.25, 0.3) is 5.91 Å². The monoisotopic (exact) mass is 387 g/mol. The van der Waals surface area contributed by atoms with Gasteiger partial charge in [0.15, 0.2) is 11.5 Å². The van der Waals surface area contributed by atoms with Gasteiger partial charge in [-0.1, -0.05) is 39.3 Å². The Hall–Kier alpha value is -2.87. The smallest absolute Gasteiger partial charge is 0.280 e. The first-order valence-corrected chi connectivity index (χ1v) is 7.81. The maximum atomic E-state index is 12.4. The van der Waals surface area contributed by atoms with Crippen LogP contribution in [0.1, 0.15) is 10.5 Å². The topological polar surface area (TPSA) is 95.1 Å². The first-order chi connectivity index (χ1) is 11.6. The zero-order chi connectivity index (χ0) is 17.1. The summed E-state index contributed by atoms with van der Waals surface area (Å²) in [5.74, 6) is 0.270. The number of methoxy groups -OCH3 is 1. The van der Waals surface area contributed by atoms with E-state index in [0.29, 0.717) is 17.1 Å². The van der Waals surface area contributed by atoms with Crippen LogP contribution < -0.4 is 15.8 Å². The predicted molar refractivity (Wildman–Crippen MR) is 94.4 cm³/mol. The highest BCUT2D eigenvalue weighted by atomic mass is 79.9. The van der Waals surface area contributed by atoms with E-state index in [4.69, 9.17) is 10.5 Å². The van der Waals surface area contributed by atoms with E-state index < -0.39 is 5.91 Å². The van der Waals surface area contributed by atoms with Gasteiger partial charge in [-0.05, 0) is 30.3 Å². The van der Waals surface area contributed by atoms with E-state index >= 15 is 0 Å². The molecule has 3 N–H and O–H groups in total.